The van der Waals surface area contributed by atoms with Gasteiger partial charge in [0.05, 0.1) is 16.9 Å². The molecule has 3 N–H and O–H groups in total. The average Bonchev–Trinajstić information content (AvgIpc) is 3.18. The first kappa shape index (κ1) is 19.5. The lowest BCUT2D eigenvalue weighted by molar-refractivity contribution is -0.120. The van der Waals surface area contributed by atoms with Gasteiger partial charge in [0.2, 0.25) is 5.91 Å². The quantitative estimate of drug-likeness (QED) is 0.677. The lowest BCUT2D eigenvalue weighted by Crippen LogP contribution is -2.39. The Hall–Kier alpha value is -3.42. The number of anilines is 2. The molecule has 0 spiro atoms. The fourth-order valence-corrected chi connectivity index (χ4v) is 4.77. The highest BCUT2D eigenvalue weighted by Crippen LogP contribution is 2.32. The van der Waals surface area contributed by atoms with E-state index in [1.807, 2.05) is 10.7 Å². The molecule has 31 heavy (non-hydrogen) atoms. The fraction of sp³-hybridized carbons (Fsp3) is 0.391. The van der Waals surface area contributed by atoms with Crippen LogP contribution in [0.25, 0.3) is 5.52 Å². The van der Waals surface area contributed by atoms with Gasteiger partial charge in [-0.1, -0.05) is 12.1 Å². The van der Waals surface area contributed by atoms with E-state index in [9.17, 15) is 9.59 Å². The number of aryl methyl sites for hydroxylation is 2. The molecule has 2 aromatic heterocycles. The normalized spacial score (nSPS) is 16.8. The van der Waals surface area contributed by atoms with Crippen LogP contribution in [0.15, 0.2) is 36.7 Å². The average molecular weight is 419 g/mol. The van der Waals surface area contributed by atoms with Gasteiger partial charge in [0.25, 0.3) is 5.91 Å². The van der Waals surface area contributed by atoms with E-state index in [1.165, 1.54) is 24.1 Å². The summed E-state index contributed by atoms with van der Waals surface area (Å²) in [5, 5.41) is 7.66. The van der Waals surface area contributed by atoms with Crippen LogP contribution in [-0.4, -0.2) is 39.5 Å². The standard InChI is InChI=1S/C23H26N6O2/c24-21(30)17-6-2-3-7-18(17)26-23(31)15-9-12-28(13-10-15)22-20-16-5-1-4-8-19(16)27-29(20)14-11-25-22/h2-3,6-7,11,14-15H,1,4-5,8-10,12-13H2,(H2,24,30)(H,26,31). The number of carbonyl (C=O) groups is 2. The molecule has 2 amide bonds. The third-order valence-corrected chi connectivity index (χ3v) is 6.41. The molecule has 160 valence electrons. The van der Waals surface area contributed by atoms with E-state index in [0.29, 0.717) is 11.3 Å². The lowest BCUT2D eigenvalue weighted by Gasteiger charge is -2.32. The van der Waals surface area contributed by atoms with Crippen molar-refractivity contribution < 1.29 is 9.59 Å². The minimum Gasteiger partial charge on any atom is -0.366 e. The van der Waals surface area contributed by atoms with Crippen molar-refractivity contribution in [1.82, 2.24) is 14.6 Å². The van der Waals surface area contributed by atoms with Gasteiger partial charge in [-0.05, 0) is 50.7 Å². The highest BCUT2D eigenvalue weighted by molar-refractivity contribution is 6.03. The van der Waals surface area contributed by atoms with Gasteiger partial charge in [0.15, 0.2) is 5.82 Å². The minimum absolute atomic E-state index is 0.0683. The summed E-state index contributed by atoms with van der Waals surface area (Å²) >= 11 is 0. The number of amides is 2. The number of fused-ring (bicyclic) bond motifs is 3. The van der Waals surface area contributed by atoms with Crippen LogP contribution in [0.4, 0.5) is 11.5 Å². The van der Waals surface area contributed by atoms with Crippen LogP contribution >= 0.6 is 0 Å². The first-order valence-electron chi connectivity index (χ1n) is 10.9. The Morgan fingerprint density at radius 3 is 2.68 bits per heavy atom. The Morgan fingerprint density at radius 1 is 1.10 bits per heavy atom. The van der Waals surface area contributed by atoms with Crippen LogP contribution < -0.4 is 16.0 Å². The van der Waals surface area contributed by atoms with Crippen LogP contribution in [0.3, 0.4) is 0 Å². The zero-order valence-corrected chi connectivity index (χ0v) is 17.4. The summed E-state index contributed by atoms with van der Waals surface area (Å²) in [5.41, 5.74) is 9.87. The number of nitrogens with two attached hydrogens (primary N) is 1. The molecule has 0 saturated carbocycles. The van der Waals surface area contributed by atoms with Gasteiger partial charge in [-0.15, -0.1) is 0 Å². The Morgan fingerprint density at radius 2 is 1.87 bits per heavy atom. The second-order valence-corrected chi connectivity index (χ2v) is 8.34. The smallest absolute Gasteiger partial charge is 0.250 e. The molecule has 2 aliphatic rings. The van der Waals surface area contributed by atoms with Crippen molar-refractivity contribution in [2.24, 2.45) is 11.7 Å². The minimum atomic E-state index is -0.547. The summed E-state index contributed by atoms with van der Waals surface area (Å²) in [6.07, 6.45) is 9.65. The van der Waals surface area contributed by atoms with Gasteiger partial charge in [0.1, 0.15) is 5.52 Å². The number of hydrogen-bond acceptors (Lipinski definition) is 5. The van der Waals surface area contributed by atoms with Crippen molar-refractivity contribution in [2.75, 3.05) is 23.3 Å². The molecule has 0 bridgehead atoms. The highest BCUT2D eigenvalue weighted by atomic mass is 16.2. The second kappa shape index (κ2) is 8.02. The van der Waals surface area contributed by atoms with Crippen molar-refractivity contribution in [2.45, 2.75) is 38.5 Å². The molecular weight excluding hydrogens is 392 g/mol. The predicted octanol–water partition coefficient (Wildman–Crippen LogP) is 2.56. The Balaban J connectivity index is 1.31. The maximum Gasteiger partial charge on any atom is 0.250 e. The lowest BCUT2D eigenvalue weighted by atomic mass is 9.94. The van der Waals surface area contributed by atoms with E-state index in [4.69, 9.17) is 15.8 Å². The van der Waals surface area contributed by atoms with E-state index < -0.39 is 5.91 Å². The SMILES string of the molecule is NC(=O)c1ccccc1NC(=O)C1CCN(c2nccn3nc4c(c23)CCCC4)CC1. The summed E-state index contributed by atoms with van der Waals surface area (Å²) in [5.74, 6) is 0.238. The summed E-state index contributed by atoms with van der Waals surface area (Å²) in [6, 6.07) is 6.85. The van der Waals surface area contributed by atoms with Crippen LogP contribution in [0, 0.1) is 5.92 Å². The second-order valence-electron chi connectivity index (χ2n) is 8.34. The monoisotopic (exact) mass is 418 g/mol. The summed E-state index contributed by atoms with van der Waals surface area (Å²) in [4.78, 5) is 31.4. The van der Waals surface area contributed by atoms with Crippen molar-refractivity contribution in [3.8, 4) is 0 Å². The van der Waals surface area contributed by atoms with E-state index in [1.54, 1.807) is 30.5 Å². The van der Waals surface area contributed by atoms with Gasteiger partial charge in [0, 0.05) is 37.0 Å². The third-order valence-electron chi connectivity index (χ3n) is 6.41. The molecular formula is C23H26N6O2. The van der Waals surface area contributed by atoms with Crippen LogP contribution in [0.2, 0.25) is 0 Å². The van der Waals surface area contributed by atoms with Crippen molar-refractivity contribution in [3.63, 3.8) is 0 Å². The molecule has 8 nitrogen and oxygen atoms in total. The van der Waals surface area contributed by atoms with Crippen molar-refractivity contribution in [1.29, 1.82) is 0 Å². The fourth-order valence-electron chi connectivity index (χ4n) is 4.77. The number of rotatable bonds is 4. The molecule has 1 aromatic carbocycles. The van der Waals surface area contributed by atoms with Crippen LogP contribution in [0.5, 0.6) is 0 Å². The van der Waals surface area contributed by atoms with E-state index >= 15 is 0 Å². The summed E-state index contributed by atoms with van der Waals surface area (Å²) in [6.45, 7) is 1.50. The molecule has 0 atom stereocenters. The van der Waals surface area contributed by atoms with Gasteiger partial charge in [-0.2, -0.15) is 5.10 Å². The molecule has 0 radical (unpaired) electrons. The number of para-hydroxylation sites is 1. The molecule has 3 aromatic rings. The summed E-state index contributed by atoms with van der Waals surface area (Å²) in [7, 11) is 0. The number of primary amides is 1. The van der Waals surface area contributed by atoms with Gasteiger partial charge in [-0.3, -0.25) is 9.59 Å². The Kier molecular flexibility index (Phi) is 5.05. The molecule has 5 rings (SSSR count). The number of nitrogens with zero attached hydrogens (tertiary/aromatic N) is 4. The number of nitrogens with one attached hydrogen (secondary N) is 1. The number of hydrogen-bond donors (Lipinski definition) is 2. The Labute approximate surface area is 180 Å². The predicted molar refractivity (Wildman–Crippen MR) is 118 cm³/mol. The molecule has 3 heterocycles. The first-order valence-corrected chi connectivity index (χ1v) is 10.9. The van der Waals surface area contributed by atoms with Gasteiger partial charge < -0.3 is 16.0 Å². The molecule has 1 aliphatic heterocycles. The zero-order valence-electron chi connectivity index (χ0n) is 17.4. The molecule has 8 heteroatoms. The van der Waals surface area contributed by atoms with Crippen LogP contribution in [0.1, 0.15) is 47.3 Å². The highest BCUT2D eigenvalue weighted by Gasteiger charge is 2.29. The maximum absolute atomic E-state index is 12.8. The number of piperidine rings is 1. The van der Waals surface area contributed by atoms with E-state index in [-0.39, 0.29) is 11.8 Å². The molecule has 0 unspecified atom stereocenters. The number of benzene rings is 1. The topological polar surface area (TPSA) is 106 Å². The van der Waals surface area contributed by atoms with Gasteiger partial charge >= 0.3 is 0 Å². The molecule has 1 saturated heterocycles. The number of carbonyl (C=O) groups excluding carboxylic acids is 2. The van der Waals surface area contributed by atoms with Crippen molar-refractivity contribution >= 4 is 28.8 Å². The largest absolute Gasteiger partial charge is 0.366 e. The summed E-state index contributed by atoms with van der Waals surface area (Å²) < 4.78 is 1.97. The maximum atomic E-state index is 12.8. The zero-order chi connectivity index (χ0) is 21.4. The Bertz CT molecular complexity index is 1150. The van der Waals surface area contributed by atoms with Gasteiger partial charge in [-0.25, -0.2) is 9.50 Å². The van der Waals surface area contributed by atoms with Crippen molar-refractivity contribution in [3.05, 3.63) is 53.5 Å². The number of aromatic nitrogens is 3. The third kappa shape index (κ3) is 3.62. The molecule has 1 fully saturated rings. The van der Waals surface area contributed by atoms with E-state index in [0.717, 1.165) is 50.1 Å². The van der Waals surface area contributed by atoms with Crippen LogP contribution in [-0.2, 0) is 17.6 Å². The van der Waals surface area contributed by atoms with E-state index in [2.05, 4.69) is 10.2 Å². The first-order chi connectivity index (χ1) is 15.1. The molecule has 1 aliphatic carbocycles.